The summed E-state index contributed by atoms with van der Waals surface area (Å²) in [6.45, 7) is 3.05. The summed E-state index contributed by atoms with van der Waals surface area (Å²) < 4.78 is 23.0. The van der Waals surface area contributed by atoms with Gasteiger partial charge in [0.2, 0.25) is 0 Å². The van der Waals surface area contributed by atoms with E-state index in [-0.39, 0.29) is 11.5 Å². The van der Waals surface area contributed by atoms with Gasteiger partial charge in [-0.05, 0) is 31.2 Å². The van der Waals surface area contributed by atoms with Gasteiger partial charge >= 0.3 is 0 Å². The van der Waals surface area contributed by atoms with Crippen molar-refractivity contribution in [3.8, 4) is 0 Å². The van der Waals surface area contributed by atoms with Gasteiger partial charge in [-0.25, -0.2) is 8.42 Å². The summed E-state index contributed by atoms with van der Waals surface area (Å²) >= 11 is 0. The lowest BCUT2D eigenvalue weighted by Gasteiger charge is -2.21. The fraction of sp³-hybridized carbons (Fsp3) is 1.00. The molecular formula is C9H17NO2S. The molecule has 76 valence electrons. The van der Waals surface area contributed by atoms with Crippen molar-refractivity contribution in [2.24, 2.45) is 5.41 Å². The standard InChI is InChI=1S/C9H17NO2S/c1-9(3-4-9)8-7-13(11,12)6-2-5-10-8/h8,10H,2-7H2,1H3. The van der Waals surface area contributed by atoms with Gasteiger partial charge in [-0.2, -0.15) is 0 Å². The molecule has 1 unspecified atom stereocenters. The monoisotopic (exact) mass is 203 g/mol. The number of hydrogen-bond acceptors (Lipinski definition) is 3. The van der Waals surface area contributed by atoms with Crippen molar-refractivity contribution in [3.63, 3.8) is 0 Å². The molecule has 3 nitrogen and oxygen atoms in total. The van der Waals surface area contributed by atoms with Crippen LogP contribution in [0.3, 0.4) is 0 Å². The summed E-state index contributed by atoms with van der Waals surface area (Å²) in [5.41, 5.74) is 0.275. The van der Waals surface area contributed by atoms with Crippen LogP contribution in [0.1, 0.15) is 26.2 Å². The van der Waals surface area contributed by atoms with E-state index >= 15 is 0 Å². The summed E-state index contributed by atoms with van der Waals surface area (Å²) in [7, 11) is -2.77. The Morgan fingerprint density at radius 3 is 2.69 bits per heavy atom. The van der Waals surface area contributed by atoms with E-state index in [9.17, 15) is 8.42 Å². The second kappa shape index (κ2) is 2.95. The third-order valence-electron chi connectivity index (χ3n) is 3.32. The van der Waals surface area contributed by atoms with Crippen molar-refractivity contribution in [2.75, 3.05) is 18.1 Å². The second-order valence-electron chi connectivity index (χ2n) is 4.63. The Morgan fingerprint density at radius 1 is 1.38 bits per heavy atom. The largest absolute Gasteiger partial charge is 0.312 e. The van der Waals surface area contributed by atoms with Crippen LogP contribution in [0.15, 0.2) is 0 Å². The molecule has 0 amide bonds. The van der Waals surface area contributed by atoms with E-state index in [1.54, 1.807) is 0 Å². The zero-order valence-corrected chi connectivity index (χ0v) is 8.86. The molecular weight excluding hydrogens is 186 g/mol. The smallest absolute Gasteiger partial charge is 0.151 e. The van der Waals surface area contributed by atoms with Crippen LogP contribution in [0.5, 0.6) is 0 Å². The quantitative estimate of drug-likeness (QED) is 0.677. The normalized spacial score (nSPS) is 36.5. The zero-order chi connectivity index (χ0) is 9.53. The van der Waals surface area contributed by atoms with Crippen LogP contribution in [0.4, 0.5) is 0 Å². The highest BCUT2D eigenvalue weighted by molar-refractivity contribution is 7.91. The first-order valence-electron chi connectivity index (χ1n) is 4.96. The summed E-state index contributed by atoms with van der Waals surface area (Å²) in [5.74, 6) is 0.718. The summed E-state index contributed by atoms with van der Waals surface area (Å²) in [4.78, 5) is 0. The summed E-state index contributed by atoms with van der Waals surface area (Å²) in [5, 5.41) is 3.36. The highest BCUT2D eigenvalue weighted by atomic mass is 32.2. The molecule has 0 spiro atoms. The maximum Gasteiger partial charge on any atom is 0.151 e. The minimum absolute atomic E-state index is 0.208. The fourth-order valence-corrected chi connectivity index (χ4v) is 3.74. The van der Waals surface area contributed by atoms with Gasteiger partial charge in [0.15, 0.2) is 9.84 Å². The molecule has 0 bridgehead atoms. The molecule has 1 heterocycles. The van der Waals surface area contributed by atoms with E-state index in [0.29, 0.717) is 11.5 Å². The third kappa shape index (κ3) is 2.05. The van der Waals surface area contributed by atoms with Crippen LogP contribution in [-0.4, -0.2) is 32.5 Å². The number of sulfone groups is 1. The molecule has 0 aromatic carbocycles. The molecule has 4 heteroatoms. The van der Waals surface area contributed by atoms with Gasteiger partial charge in [-0.15, -0.1) is 0 Å². The van der Waals surface area contributed by atoms with Crippen LogP contribution >= 0.6 is 0 Å². The molecule has 2 rings (SSSR count). The highest BCUT2D eigenvalue weighted by Crippen LogP contribution is 2.48. The minimum Gasteiger partial charge on any atom is -0.312 e. The van der Waals surface area contributed by atoms with E-state index in [2.05, 4.69) is 12.2 Å². The molecule has 1 saturated heterocycles. The van der Waals surface area contributed by atoms with Crippen LogP contribution in [0.25, 0.3) is 0 Å². The molecule has 1 N–H and O–H groups in total. The molecule has 1 atom stereocenters. The Hall–Kier alpha value is -0.0900. The molecule has 0 aromatic rings. The van der Waals surface area contributed by atoms with E-state index in [1.807, 2.05) is 0 Å². The van der Waals surface area contributed by atoms with Crippen LogP contribution in [0, 0.1) is 5.41 Å². The van der Waals surface area contributed by atoms with E-state index in [0.717, 1.165) is 13.0 Å². The molecule has 1 saturated carbocycles. The molecule has 0 radical (unpaired) electrons. The zero-order valence-electron chi connectivity index (χ0n) is 8.04. The lowest BCUT2D eigenvalue weighted by Crippen LogP contribution is -2.40. The van der Waals surface area contributed by atoms with Gasteiger partial charge in [-0.1, -0.05) is 6.92 Å². The lowest BCUT2D eigenvalue weighted by molar-refractivity contribution is 0.389. The van der Waals surface area contributed by atoms with E-state index < -0.39 is 9.84 Å². The second-order valence-corrected chi connectivity index (χ2v) is 6.86. The Labute approximate surface area is 79.8 Å². The Bertz CT molecular complexity index is 293. The van der Waals surface area contributed by atoms with Crippen molar-refractivity contribution in [1.29, 1.82) is 0 Å². The molecule has 1 aliphatic carbocycles. The first-order valence-corrected chi connectivity index (χ1v) is 6.78. The van der Waals surface area contributed by atoms with Crippen molar-refractivity contribution in [1.82, 2.24) is 5.32 Å². The van der Waals surface area contributed by atoms with E-state index in [4.69, 9.17) is 0 Å². The molecule has 13 heavy (non-hydrogen) atoms. The topological polar surface area (TPSA) is 46.2 Å². The Morgan fingerprint density at radius 2 is 2.08 bits per heavy atom. The summed E-state index contributed by atoms with van der Waals surface area (Å²) in [6, 6.07) is 0.208. The van der Waals surface area contributed by atoms with Crippen LogP contribution < -0.4 is 5.32 Å². The summed E-state index contributed by atoms with van der Waals surface area (Å²) in [6.07, 6.45) is 3.13. The maximum absolute atomic E-state index is 11.5. The predicted octanol–water partition coefficient (Wildman–Crippen LogP) is 0.563. The average Bonchev–Trinajstić information content (AvgIpc) is 2.76. The van der Waals surface area contributed by atoms with E-state index in [1.165, 1.54) is 12.8 Å². The van der Waals surface area contributed by atoms with Gasteiger partial charge in [0.05, 0.1) is 11.5 Å². The van der Waals surface area contributed by atoms with Gasteiger partial charge in [0.1, 0.15) is 0 Å². The van der Waals surface area contributed by atoms with Crippen molar-refractivity contribution < 1.29 is 8.42 Å². The van der Waals surface area contributed by atoms with Gasteiger partial charge in [0.25, 0.3) is 0 Å². The fourth-order valence-electron chi connectivity index (χ4n) is 1.96. The molecule has 2 aliphatic rings. The molecule has 2 fully saturated rings. The first kappa shape index (κ1) is 9.46. The average molecular weight is 203 g/mol. The van der Waals surface area contributed by atoms with Crippen molar-refractivity contribution in [3.05, 3.63) is 0 Å². The number of nitrogens with one attached hydrogen (secondary N) is 1. The lowest BCUT2D eigenvalue weighted by atomic mass is 10.0. The highest BCUT2D eigenvalue weighted by Gasteiger charge is 2.46. The SMILES string of the molecule is CC1(C2CS(=O)(=O)CCCN2)CC1. The first-order chi connectivity index (χ1) is 6.02. The maximum atomic E-state index is 11.5. The van der Waals surface area contributed by atoms with Gasteiger partial charge < -0.3 is 5.32 Å². The van der Waals surface area contributed by atoms with Gasteiger partial charge in [-0.3, -0.25) is 0 Å². The predicted molar refractivity (Wildman–Crippen MR) is 52.4 cm³/mol. The number of hydrogen-bond donors (Lipinski definition) is 1. The molecule has 1 aliphatic heterocycles. The Balaban J connectivity index is 2.11. The van der Waals surface area contributed by atoms with Crippen molar-refractivity contribution in [2.45, 2.75) is 32.2 Å². The van der Waals surface area contributed by atoms with Crippen LogP contribution in [-0.2, 0) is 9.84 Å². The Kier molecular flexibility index (Phi) is 2.15. The van der Waals surface area contributed by atoms with Crippen molar-refractivity contribution >= 4 is 9.84 Å². The van der Waals surface area contributed by atoms with Gasteiger partial charge in [0, 0.05) is 6.04 Å². The third-order valence-corrected chi connectivity index (χ3v) is 5.08. The minimum atomic E-state index is -2.77. The van der Waals surface area contributed by atoms with Crippen LogP contribution in [0.2, 0.25) is 0 Å². The number of rotatable bonds is 1. The molecule has 0 aromatic heterocycles.